The molecule has 1 N–H and O–H groups in total. The molecule has 0 saturated heterocycles. The lowest BCUT2D eigenvalue weighted by Gasteiger charge is -2.12. The van der Waals surface area contributed by atoms with Gasteiger partial charge in [0, 0.05) is 11.4 Å². The smallest absolute Gasteiger partial charge is 0.233 e. The molecule has 2 aromatic rings. The van der Waals surface area contributed by atoms with Crippen molar-refractivity contribution in [1.82, 2.24) is 5.32 Å². The monoisotopic (exact) mass is 337 g/mol. The van der Waals surface area contributed by atoms with Crippen molar-refractivity contribution in [3.63, 3.8) is 0 Å². The van der Waals surface area contributed by atoms with Crippen LogP contribution < -0.4 is 10.1 Å². The number of methoxy groups -OCH3 is 1. The van der Waals surface area contributed by atoms with Crippen molar-refractivity contribution in [2.24, 2.45) is 0 Å². The summed E-state index contributed by atoms with van der Waals surface area (Å²) in [5.41, 5.74) is 0.948. The second-order valence-corrected chi connectivity index (χ2v) is 6.32. The van der Waals surface area contributed by atoms with E-state index < -0.39 is 16.9 Å². The van der Waals surface area contributed by atoms with Crippen LogP contribution in [0.25, 0.3) is 0 Å². The van der Waals surface area contributed by atoms with Crippen molar-refractivity contribution < 1.29 is 18.3 Å². The third kappa shape index (κ3) is 4.96. The summed E-state index contributed by atoms with van der Waals surface area (Å²) >= 11 is 1.18. The molecular formula is C17H17F2NO2S. The van der Waals surface area contributed by atoms with Crippen LogP contribution in [0.1, 0.15) is 12.5 Å². The number of hydrogen-bond donors (Lipinski definition) is 1. The first kappa shape index (κ1) is 17.3. The first-order valence-electron chi connectivity index (χ1n) is 7.02. The van der Waals surface area contributed by atoms with Crippen LogP contribution in [0.5, 0.6) is 5.75 Å². The second kappa shape index (κ2) is 7.97. The van der Waals surface area contributed by atoms with E-state index in [-0.39, 0.29) is 5.91 Å². The lowest BCUT2D eigenvalue weighted by molar-refractivity contribution is -0.120. The molecule has 1 unspecified atom stereocenters. The zero-order valence-corrected chi connectivity index (χ0v) is 13.6. The molecule has 0 heterocycles. The molecule has 0 aliphatic heterocycles. The molecular weight excluding hydrogens is 320 g/mol. The highest BCUT2D eigenvalue weighted by Gasteiger charge is 2.15. The van der Waals surface area contributed by atoms with Crippen LogP contribution in [0.15, 0.2) is 47.4 Å². The van der Waals surface area contributed by atoms with Gasteiger partial charge in [0.05, 0.1) is 12.4 Å². The average molecular weight is 337 g/mol. The third-order valence-electron chi connectivity index (χ3n) is 3.20. The van der Waals surface area contributed by atoms with Gasteiger partial charge in [-0.1, -0.05) is 12.1 Å². The fourth-order valence-corrected chi connectivity index (χ4v) is 2.80. The molecule has 0 fully saturated rings. The lowest BCUT2D eigenvalue weighted by atomic mass is 10.2. The Morgan fingerprint density at radius 1 is 1.17 bits per heavy atom. The minimum Gasteiger partial charge on any atom is -0.497 e. The van der Waals surface area contributed by atoms with Crippen LogP contribution in [0.4, 0.5) is 8.78 Å². The maximum Gasteiger partial charge on any atom is 0.233 e. The number of amides is 1. The van der Waals surface area contributed by atoms with Crippen molar-refractivity contribution in [2.45, 2.75) is 23.6 Å². The predicted octanol–water partition coefficient (Wildman–Crippen LogP) is 3.77. The van der Waals surface area contributed by atoms with Gasteiger partial charge in [0.15, 0.2) is 11.6 Å². The van der Waals surface area contributed by atoms with Gasteiger partial charge in [-0.3, -0.25) is 4.79 Å². The molecule has 1 amide bonds. The molecule has 0 aliphatic rings. The quantitative estimate of drug-likeness (QED) is 0.816. The zero-order chi connectivity index (χ0) is 16.8. The number of carbonyl (C=O) groups is 1. The number of thioether (sulfide) groups is 1. The molecule has 0 saturated carbocycles. The van der Waals surface area contributed by atoms with Gasteiger partial charge in [-0.05, 0) is 42.8 Å². The number of hydrogen-bond acceptors (Lipinski definition) is 3. The summed E-state index contributed by atoms with van der Waals surface area (Å²) in [6.07, 6.45) is 0. The molecule has 2 aromatic carbocycles. The Labute approximate surface area is 138 Å². The highest BCUT2D eigenvalue weighted by Crippen LogP contribution is 2.25. The minimum absolute atomic E-state index is 0.171. The van der Waals surface area contributed by atoms with Crippen LogP contribution in [0.3, 0.4) is 0 Å². The van der Waals surface area contributed by atoms with Crippen LogP contribution >= 0.6 is 11.8 Å². The Bertz CT molecular complexity index is 677. The van der Waals surface area contributed by atoms with Gasteiger partial charge in [-0.15, -0.1) is 11.8 Å². The van der Waals surface area contributed by atoms with E-state index in [1.165, 1.54) is 17.8 Å². The van der Waals surface area contributed by atoms with Gasteiger partial charge in [-0.25, -0.2) is 8.78 Å². The summed E-state index contributed by atoms with van der Waals surface area (Å²) in [6.45, 7) is 2.11. The molecule has 0 aromatic heterocycles. The molecule has 122 valence electrons. The van der Waals surface area contributed by atoms with E-state index in [0.717, 1.165) is 23.4 Å². The van der Waals surface area contributed by atoms with E-state index in [0.29, 0.717) is 11.4 Å². The average Bonchev–Trinajstić information content (AvgIpc) is 2.56. The van der Waals surface area contributed by atoms with Gasteiger partial charge >= 0.3 is 0 Å². The van der Waals surface area contributed by atoms with Crippen molar-refractivity contribution in [3.8, 4) is 5.75 Å². The van der Waals surface area contributed by atoms with E-state index in [1.807, 2.05) is 24.3 Å². The molecule has 2 rings (SSSR count). The fourth-order valence-electron chi connectivity index (χ4n) is 1.88. The van der Waals surface area contributed by atoms with Gasteiger partial charge < -0.3 is 10.1 Å². The van der Waals surface area contributed by atoms with Crippen molar-refractivity contribution in [2.75, 3.05) is 7.11 Å². The minimum atomic E-state index is -0.916. The Morgan fingerprint density at radius 3 is 2.48 bits per heavy atom. The maximum absolute atomic E-state index is 13.2. The number of benzene rings is 2. The first-order valence-corrected chi connectivity index (χ1v) is 7.90. The Kier molecular flexibility index (Phi) is 5.98. The largest absolute Gasteiger partial charge is 0.497 e. The molecule has 3 nitrogen and oxygen atoms in total. The Balaban J connectivity index is 1.87. The molecule has 0 radical (unpaired) electrons. The van der Waals surface area contributed by atoms with Crippen LogP contribution in [-0.4, -0.2) is 18.3 Å². The number of rotatable bonds is 6. The van der Waals surface area contributed by atoms with Crippen LogP contribution in [0.2, 0.25) is 0 Å². The van der Waals surface area contributed by atoms with E-state index in [4.69, 9.17) is 4.74 Å². The highest BCUT2D eigenvalue weighted by molar-refractivity contribution is 8.00. The van der Waals surface area contributed by atoms with E-state index >= 15 is 0 Å². The number of carbonyl (C=O) groups excluding carboxylic acids is 1. The number of ether oxygens (including phenoxy) is 1. The van der Waals surface area contributed by atoms with Gasteiger partial charge in [0.25, 0.3) is 0 Å². The summed E-state index contributed by atoms with van der Waals surface area (Å²) < 4.78 is 31.1. The van der Waals surface area contributed by atoms with Crippen LogP contribution in [0, 0.1) is 11.6 Å². The van der Waals surface area contributed by atoms with Gasteiger partial charge in [-0.2, -0.15) is 0 Å². The van der Waals surface area contributed by atoms with E-state index in [2.05, 4.69) is 5.32 Å². The molecule has 6 heteroatoms. The number of halogens is 2. The predicted molar refractivity (Wildman–Crippen MR) is 86.5 cm³/mol. The van der Waals surface area contributed by atoms with Crippen molar-refractivity contribution >= 4 is 17.7 Å². The maximum atomic E-state index is 13.2. The summed E-state index contributed by atoms with van der Waals surface area (Å²) in [7, 11) is 1.59. The summed E-state index contributed by atoms with van der Waals surface area (Å²) in [5.74, 6) is -1.23. The van der Waals surface area contributed by atoms with Crippen molar-refractivity contribution in [3.05, 3.63) is 59.7 Å². The third-order valence-corrected chi connectivity index (χ3v) is 4.29. The van der Waals surface area contributed by atoms with Gasteiger partial charge in [0.2, 0.25) is 5.91 Å². The topological polar surface area (TPSA) is 38.3 Å². The molecule has 0 bridgehead atoms. The van der Waals surface area contributed by atoms with Crippen molar-refractivity contribution in [1.29, 1.82) is 0 Å². The fraction of sp³-hybridized carbons (Fsp3) is 0.235. The zero-order valence-electron chi connectivity index (χ0n) is 12.8. The Hall–Kier alpha value is -2.08. The van der Waals surface area contributed by atoms with E-state index in [9.17, 15) is 13.6 Å². The molecule has 0 aliphatic carbocycles. The highest BCUT2D eigenvalue weighted by atomic mass is 32.2. The lowest BCUT2D eigenvalue weighted by Crippen LogP contribution is -2.30. The second-order valence-electron chi connectivity index (χ2n) is 4.90. The SMILES string of the molecule is COc1ccc(CNC(=O)C(C)Sc2ccc(F)c(F)c2)cc1. The molecule has 0 spiro atoms. The number of nitrogens with one attached hydrogen (secondary N) is 1. The van der Waals surface area contributed by atoms with Crippen LogP contribution in [-0.2, 0) is 11.3 Å². The first-order chi connectivity index (χ1) is 11.0. The summed E-state index contributed by atoms with van der Waals surface area (Å²) in [6, 6.07) is 11.0. The summed E-state index contributed by atoms with van der Waals surface area (Å²) in [4.78, 5) is 12.6. The molecule has 23 heavy (non-hydrogen) atoms. The Morgan fingerprint density at radius 2 is 1.87 bits per heavy atom. The van der Waals surface area contributed by atoms with E-state index in [1.54, 1.807) is 14.0 Å². The molecule has 1 atom stereocenters. The summed E-state index contributed by atoms with van der Waals surface area (Å²) in [5, 5.41) is 2.40. The normalized spacial score (nSPS) is 11.8. The van der Waals surface area contributed by atoms with Gasteiger partial charge in [0.1, 0.15) is 5.75 Å². The standard InChI is InChI=1S/C17H17F2NO2S/c1-11(23-14-7-8-15(18)16(19)9-14)17(21)20-10-12-3-5-13(22-2)6-4-12/h3-9,11H,10H2,1-2H3,(H,20,21).